The first-order valence-electron chi connectivity index (χ1n) is 6.46. The van der Waals surface area contributed by atoms with E-state index in [0.717, 1.165) is 19.6 Å². The topological polar surface area (TPSA) is 53.1 Å². The zero-order valence-corrected chi connectivity index (χ0v) is 10.7. The predicted octanol–water partition coefficient (Wildman–Crippen LogP) is 1.56. The Kier molecular flexibility index (Phi) is 4.69. The lowest BCUT2D eigenvalue weighted by Gasteiger charge is -2.26. The van der Waals surface area contributed by atoms with Crippen LogP contribution in [0.25, 0.3) is 0 Å². The maximum Gasteiger partial charge on any atom is 0.224 e. The Balaban J connectivity index is 1.81. The van der Waals surface area contributed by atoms with Gasteiger partial charge in [0.05, 0.1) is 6.20 Å². The van der Waals surface area contributed by atoms with Crippen molar-refractivity contribution >= 4 is 11.8 Å². The lowest BCUT2D eigenvalue weighted by molar-refractivity contribution is 0.237. The highest BCUT2D eigenvalue weighted by Gasteiger charge is 2.10. The number of hydrogen-bond donors (Lipinski definition) is 2. The molecule has 18 heavy (non-hydrogen) atoms. The molecule has 1 aromatic heterocycles. The number of piperidine rings is 1. The van der Waals surface area contributed by atoms with Gasteiger partial charge in [-0.15, -0.1) is 0 Å². The maximum absolute atomic E-state index is 13.4. The van der Waals surface area contributed by atoms with E-state index in [4.69, 9.17) is 0 Å². The van der Waals surface area contributed by atoms with Gasteiger partial charge in [-0.3, -0.25) is 0 Å². The van der Waals surface area contributed by atoms with Crippen molar-refractivity contribution in [2.24, 2.45) is 0 Å². The van der Waals surface area contributed by atoms with E-state index < -0.39 is 5.82 Å². The van der Waals surface area contributed by atoms with Gasteiger partial charge in [0.15, 0.2) is 11.6 Å². The molecule has 0 unspecified atom stereocenters. The molecule has 2 N–H and O–H groups in total. The molecular weight excluding hydrogens is 233 g/mol. The molecule has 1 saturated heterocycles. The Bertz CT molecular complexity index is 379. The quantitative estimate of drug-likeness (QED) is 0.834. The standard InChI is InChI=1S/C12H20FN5/c1-14-12-16-9-10(13)11(17-12)15-5-8-18-6-3-2-4-7-18/h9H,2-8H2,1H3,(H2,14,15,16,17). The van der Waals surface area contributed by atoms with Gasteiger partial charge in [-0.25, -0.2) is 9.37 Å². The summed E-state index contributed by atoms with van der Waals surface area (Å²) in [5.41, 5.74) is 0. The summed E-state index contributed by atoms with van der Waals surface area (Å²) >= 11 is 0. The van der Waals surface area contributed by atoms with Gasteiger partial charge < -0.3 is 15.5 Å². The number of halogens is 1. The van der Waals surface area contributed by atoms with Gasteiger partial charge in [0.2, 0.25) is 5.95 Å². The summed E-state index contributed by atoms with van der Waals surface area (Å²) in [7, 11) is 1.71. The van der Waals surface area contributed by atoms with Crippen molar-refractivity contribution in [2.75, 3.05) is 43.9 Å². The van der Waals surface area contributed by atoms with E-state index in [1.54, 1.807) is 7.05 Å². The van der Waals surface area contributed by atoms with Crippen molar-refractivity contribution in [1.82, 2.24) is 14.9 Å². The van der Waals surface area contributed by atoms with E-state index in [9.17, 15) is 4.39 Å². The van der Waals surface area contributed by atoms with Crippen LogP contribution in [0.2, 0.25) is 0 Å². The fourth-order valence-electron chi connectivity index (χ4n) is 2.13. The molecule has 0 aromatic carbocycles. The van der Waals surface area contributed by atoms with E-state index in [2.05, 4.69) is 25.5 Å². The molecule has 1 aliphatic heterocycles. The number of nitrogens with one attached hydrogen (secondary N) is 2. The Labute approximate surface area is 107 Å². The van der Waals surface area contributed by atoms with Crippen LogP contribution in [0.1, 0.15) is 19.3 Å². The Morgan fingerprint density at radius 3 is 2.83 bits per heavy atom. The molecule has 2 heterocycles. The molecule has 6 heteroatoms. The molecule has 0 aliphatic carbocycles. The first-order chi connectivity index (χ1) is 8.79. The van der Waals surface area contributed by atoms with Crippen molar-refractivity contribution in [3.63, 3.8) is 0 Å². The molecule has 5 nitrogen and oxygen atoms in total. The number of anilines is 2. The Hall–Kier alpha value is -1.43. The summed E-state index contributed by atoms with van der Waals surface area (Å²) in [6, 6.07) is 0. The minimum absolute atomic E-state index is 0.270. The van der Waals surface area contributed by atoms with Crippen LogP contribution in [0.4, 0.5) is 16.2 Å². The first-order valence-corrected chi connectivity index (χ1v) is 6.46. The van der Waals surface area contributed by atoms with Crippen molar-refractivity contribution in [2.45, 2.75) is 19.3 Å². The van der Waals surface area contributed by atoms with E-state index in [1.165, 1.54) is 25.5 Å². The van der Waals surface area contributed by atoms with Gasteiger partial charge in [0, 0.05) is 20.1 Å². The largest absolute Gasteiger partial charge is 0.366 e. The van der Waals surface area contributed by atoms with Gasteiger partial charge >= 0.3 is 0 Å². The number of nitrogens with zero attached hydrogens (tertiary/aromatic N) is 3. The lowest BCUT2D eigenvalue weighted by atomic mass is 10.1. The van der Waals surface area contributed by atoms with Gasteiger partial charge in [-0.05, 0) is 25.9 Å². The summed E-state index contributed by atoms with van der Waals surface area (Å²) in [5.74, 6) is 0.288. The van der Waals surface area contributed by atoms with E-state index in [-0.39, 0.29) is 5.82 Å². The molecule has 0 radical (unpaired) electrons. The number of likely N-dealkylation sites (tertiary alicyclic amines) is 1. The number of rotatable bonds is 5. The molecule has 0 saturated carbocycles. The SMILES string of the molecule is CNc1ncc(F)c(NCCN2CCCCC2)n1. The molecule has 1 aromatic rings. The van der Waals surface area contributed by atoms with Crippen molar-refractivity contribution < 1.29 is 4.39 Å². The highest BCUT2D eigenvalue weighted by atomic mass is 19.1. The van der Waals surface area contributed by atoms with Crippen LogP contribution in [0.5, 0.6) is 0 Å². The highest BCUT2D eigenvalue weighted by molar-refractivity contribution is 5.40. The van der Waals surface area contributed by atoms with Crippen LogP contribution in [0.3, 0.4) is 0 Å². The van der Waals surface area contributed by atoms with Crippen molar-refractivity contribution in [3.8, 4) is 0 Å². The van der Waals surface area contributed by atoms with Crippen LogP contribution in [-0.4, -0.2) is 48.1 Å². The molecule has 0 spiro atoms. The maximum atomic E-state index is 13.4. The molecule has 2 rings (SSSR count). The molecule has 0 atom stereocenters. The molecule has 0 bridgehead atoms. The van der Waals surface area contributed by atoms with Crippen LogP contribution in [0.15, 0.2) is 6.20 Å². The van der Waals surface area contributed by atoms with Gasteiger partial charge in [-0.2, -0.15) is 4.98 Å². The van der Waals surface area contributed by atoms with E-state index >= 15 is 0 Å². The fraction of sp³-hybridized carbons (Fsp3) is 0.667. The summed E-state index contributed by atoms with van der Waals surface area (Å²) in [5, 5.41) is 5.82. The minimum Gasteiger partial charge on any atom is -0.366 e. The summed E-state index contributed by atoms with van der Waals surface area (Å²) in [6.07, 6.45) is 5.05. The third kappa shape index (κ3) is 3.53. The summed E-state index contributed by atoms with van der Waals surface area (Å²) in [6.45, 7) is 3.93. The van der Waals surface area contributed by atoms with Gasteiger partial charge in [0.25, 0.3) is 0 Å². The third-order valence-electron chi connectivity index (χ3n) is 3.14. The third-order valence-corrected chi connectivity index (χ3v) is 3.14. The average molecular weight is 253 g/mol. The van der Waals surface area contributed by atoms with Crippen LogP contribution in [0, 0.1) is 5.82 Å². The minimum atomic E-state index is -0.410. The smallest absolute Gasteiger partial charge is 0.224 e. The van der Waals surface area contributed by atoms with Crippen LogP contribution < -0.4 is 10.6 Å². The first kappa shape index (κ1) is 13.0. The summed E-state index contributed by atoms with van der Waals surface area (Å²) in [4.78, 5) is 10.3. The number of aromatic nitrogens is 2. The zero-order chi connectivity index (χ0) is 12.8. The zero-order valence-electron chi connectivity index (χ0n) is 10.7. The molecule has 0 amide bonds. The fourth-order valence-corrected chi connectivity index (χ4v) is 2.13. The Morgan fingerprint density at radius 2 is 2.11 bits per heavy atom. The molecular formula is C12H20FN5. The predicted molar refractivity (Wildman–Crippen MR) is 70.3 cm³/mol. The summed E-state index contributed by atoms with van der Waals surface area (Å²) < 4.78 is 13.4. The normalized spacial score (nSPS) is 16.6. The lowest BCUT2D eigenvalue weighted by Crippen LogP contribution is -2.33. The second kappa shape index (κ2) is 6.49. The van der Waals surface area contributed by atoms with E-state index in [0.29, 0.717) is 12.5 Å². The second-order valence-electron chi connectivity index (χ2n) is 4.47. The van der Waals surface area contributed by atoms with E-state index in [1.807, 2.05) is 0 Å². The highest BCUT2D eigenvalue weighted by Crippen LogP contribution is 2.12. The monoisotopic (exact) mass is 253 g/mol. The molecule has 1 aliphatic rings. The van der Waals surface area contributed by atoms with Crippen LogP contribution >= 0.6 is 0 Å². The Morgan fingerprint density at radius 1 is 1.33 bits per heavy atom. The van der Waals surface area contributed by atoms with Crippen molar-refractivity contribution in [1.29, 1.82) is 0 Å². The second-order valence-corrected chi connectivity index (χ2v) is 4.47. The van der Waals surface area contributed by atoms with Gasteiger partial charge in [-0.1, -0.05) is 6.42 Å². The van der Waals surface area contributed by atoms with Crippen LogP contribution in [-0.2, 0) is 0 Å². The number of hydrogen-bond acceptors (Lipinski definition) is 5. The average Bonchev–Trinajstić information content (AvgIpc) is 2.42. The van der Waals surface area contributed by atoms with Crippen molar-refractivity contribution in [3.05, 3.63) is 12.0 Å². The molecule has 100 valence electrons. The molecule has 1 fully saturated rings. The van der Waals surface area contributed by atoms with Gasteiger partial charge in [0.1, 0.15) is 0 Å².